The number of aromatic nitrogens is 3. The third kappa shape index (κ3) is 7.83. The third-order valence-electron chi connectivity index (χ3n) is 10.9. The molecule has 0 saturated carbocycles. The number of aryl methyl sites for hydroxylation is 1. The molecule has 5 heteroatoms. The zero-order valence-corrected chi connectivity index (χ0v) is 36.3. The third-order valence-corrected chi connectivity index (χ3v) is 10.9. The van der Waals surface area contributed by atoms with Crippen LogP contribution >= 0.6 is 0 Å². The van der Waals surface area contributed by atoms with Crippen molar-refractivity contribution in [1.29, 1.82) is 0 Å². The van der Waals surface area contributed by atoms with Crippen molar-refractivity contribution in [2.24, 2.45) is 0 Å². The van der Waals surface area contributed by atoms with Crippen LogP contribution < -0.4 is 0 Å². The summed E-state index contributed by atoms with van der Waals surface area (Å²) in [6, 6.07) is 48.0. The molecule has 0 atom stereocenters. The monoisotopic (exact) mass is 942 g/mol. The fraction of sp³-hybridized carbons (Fsp3) is 0.208. The predicted octanol–water partition coefficient (Wildman–Crippen LogP) is 14.1. The van der Waals surface area contributed by atoms with E-state index >= 15 is 0 Å². The number of phenolic OH excluding ortho intramolecular Hbond substituents is 1. The van der Waals surface area contributed by atoms with E-state index in [-0.39, 0.29) is 49.6 Å². The van der Waals surface area contributed by atoms with Crippen LogP contribution in [0.2, 0.25) is 0 Å². The Morgan fingerprint density at radius 3 is 2.05 bits per heavy atom. The number of nitrogens with zero attached hydrogens (tertiary/aromatic N) is 3. The van der Waals surface area contributed by atoms with Crippen molar-refractivity contribution in [1.82, 2.24) is 14.5 Å². The average Bonchev–Trinajstić information content (AvgIpc) is 3.63. The van der Waals surface area contributed by atoms with Gasteiger partial charge in [0, 0.05) is 42.8 Å². The summed E-state index contributed by atoms with van der Waals surface area (Å²) >= 11 is 0. The Balaban J connectivity index is 0.00000561. The molecule has 0 aliphatic rings. The molecule has 58 heavy (non-hydrogen) atoms. The number of fused-ring (bicyclic) bond motifs is 1. The molecule has 0 fully saturated rings. The SMILES string of the molecule is [2H]C([2H])([2H])c1cc(-n2c(-c3cc(C(C)C)cc(C(C)C)c3O)nc3c(-c4[c-]c(-c5cc(-c6ccccc6)ccn5)cc(C(C)(C)C)c4)cccc32)ccc1-c1ccccc1.[Pt]. The minimum Gasteiger partial charge on any atom is -0.507 e. The average molecular weight is 943 g/mol. The van der Waals surface area contributed by atoms with Crippen molar-refractivity contribution in [2.45, 2.75) is 72.6 Å². The molecule has 0 aliphatic carbocycles. The molecular weight excluding hydrogens is 890 g/mol. The van der Waals surface area contributed by atoms with Gasteiger partial charge in [0.1, 0.15) is 11.6 Å². The van der Waals surface area contributed by atoms with Gasteiger partial charge in [-0.05, 0) is 93.4 Å². The van der Waals surface area contributed by atoms with Crippen LogP contribution in [0.1, 0.15) is 86.7 Å². The first kappa shape index (κ1) is 36.7. The number of hydrogen-bond donors (Lipinski definition) is 1. The Hall–Kier alpha value is -5.57. The molecule has 0 aliphatic heterocycles. The van der Waals surface area contributed by atoms with Gasteiger partial charge < -0.3 is 5.11 Å². The number of phenols is 1. The second kappa shape index (κ2) is 16.4. The zero-order chi connectivity index (χ0) is 42.5. The van der Waals surface area contributed by atoms with Crippen LogP contribution in [0.4, 0.5) is 0 Å². The van der Waals surface area contributed by atoms with Gasteiger partial charge >= 0.3 is 0 Å². The fourth-order valence-corrected chi connectivity index (χ4v) is 7.60. The number of hydrogen-bond acceptors (Lipinski definition) is 3. The van der Waals surface area contributed by atoms with E-state index < -0.39 is 6.85 Å². The van der Waals surface area contributed by atoms with Crippen molar-refractivity contribution >= 4 is 11.0 Å². The molecule has 0 spiro atoms. The summed E-state index contributed by atoms with van der Waals surface area (Å²) in [7, 11) is 0. The predicted molar refractivity (Wildman–Crippen MR) is 238 cm³/mol. The van der Waals surface area contributed by atoms with Crippen molar-refractivity contribution < 1.29 is 30.3 Å². The molecule has 0 saturated heterocycles. The van der Waals surface area contributed by atoms with Crippen molar-refractivity contribution in [2.75, 3.05) is 0 Å². The molecule has 2 heterocycles. The topological polar surface area (TPSA) is 50.9 Å². The molecule has 8 aromatic rings. The number of aromatic hydroxyl groups is 1. The first-order chi connectivity index (χ1) is 28.6. The Bertz CT molecular complexity index is 2860. The van der Waals surface area contributed by atoms with Gasteiger partial charge in [0.05, 0.1) is 16.6 Å². The fourth-order valence-electron chi connectivity index (χ4n) is 7.60. The summed E-state index contributed by atoms with van der Waals surface area (Å²) in [5.41, 5.74) is 12.8. The van der Waals surface area contributed by atoms with E-state index in [0.717, 1.165) is 61.3 Å². The maximum absolute atomic E-state index is 12.1. The van der Waals surface area contributed by atoms with Crippen LogP contribution in [-0.2, 0) is 26.5 Å². The first-order valence-electron chi connectivity index (χ1n) is 21.3. The Morgan fingerprint density at radius 2 is 1.38 bits per heavy atom. The Labute approximate surface area is 362 Å². The smallest absolute Gasteiger partial charge is 0.148 e. The number of benzene rings is 6. The van der Waals surface area contributed by atoms with E-state index in [1.165, 1.54) is 0 Å². The van der Waals surface area contributed by atoms with Crippen LogP contribution in [0.25, 0.3) is 72.7 Å². The molecule has 294 valence electrons. The second-order valence-corrected chi connectivity index (χ2v) is 16.6. The Morgan fingerprint density at radius 1 is 0.672 bits per heavy atom. The molecule has 1 N–H and O–H groups in total. The van der Waals surface area contributed by atoms with Gasteiger partial charge in [0.15, 0.2) is 0 Å². The van der Waals surface area contributed by atoms with Gasteiger partial charge in [-0.1, -0.05) is 151 Å². The summed E-state index contributed by atoms with van der Waals surface area (Å²) in [6.45, 7) is 12.7. The van der Waals surface area contributed by atoms with Gasteiger partial charge in [-0.15, -0.1) is 29.3 Å². The van der Waals surface area contributed by atoms with Crippen molar-refractivity contribution in [3.8, 4) is 67.5 Å². The van der Waals surface area contributed by atoms with Crippen LogP contribution in [0.15, 0.2) is 140 Å². The minimum atomic E-state index is -2.40. The quantitative estimate of drug-likeness (QED) is 0.154. The molecule has 0 unspecified atom stereocenters. The molecular formula is C53H50N3OPt-. The minimum absolute atomic E-state index is 0. The maximum atomic E-state index is 12.1. The van der Waals surface area contributed by atoms with Crippen LogP contribution in [0.5, 0.6) is 5.75 Å². The summed E-state index contributed by atoms with van der Waals surface area (Å²) in [5, 5.41) is 12.1. The maximum Gasteiger partial charge on any atom is 0.148 e. The van der Waals surface area contributed by atoms with Crippen molar-refractivity contribution in [3.63, 3.8) is 0 Å². The van der Waals surface area contributed by atoms with Crippen LogP contribution in [0, 0.1) is 12.9 Å². The Kier molecular flexibility index (Phi) is 10.4. The molecule has 8 rings (SSSR count). The van der Waals surface area contributed by atoms with E-state index in [1.54, 1.807) is 6.07 Å². The molecule has 2 aromatic heterocycles. The van der Waals surface area contributed by atoms with Crippen LogP contribution in [-0.4, -0.2) is 19.6 Å². The van der Waals surface area contributed by atoms with Gasteiger partial charge in [-0.2, -0.15) is 0 Å². The largest absolute Gasteiger partial charge is 0.507 e. The summed E-state index contributed by atoms with van der Waals surface area (Å²) < 4.78 is 28.0. The van der Waals surface area contributed by atoms with Crippen molar-refractivity contribution in [3.05, 3.63) is 168 Å². The number of rotatable bonds is 8. The number of para-hydroxylation sites is 1. The number of imidazole rings is 1. The first-order valence-corrected chi connectivity index (χ1v) is 19.8. The standard InChI is InChI=1S/C53H50N3O.Pt/c1-33(2)39-30-46(34(3)4)51(57)47(31-39)52-55-50-45(20-15-21-49(50)56(52)43-22-23-44(35(5)26-43)37-18-13-10-14-19-37)40-27-41(29-42(28-40)53(6,7)8)48-32-38(24-25-54-48)36-16-11-9-12-17-36;/h9-26,28-34,57H,1-8H3;/q-1;/i5D3;. The number of pyridine rings is 1. The summed E-state index contributed by atoms with van der Waals surface area (Å²) in [5.74, 6) is 0.917. The summed E-state index contributed by atoms with van der Waals surface area (Å²) in [6.07, 6.45) is 1.85. The van der Waals surface area contributed by atoms with Gasteiger partial charge in [-0.25, -0.2) is 4.98 Å². The molecule has 0 radical (unpaired) electrons. The van der Waals surface area contributed by atoms with E-state index in [0.29, 0.717) is 28.2 Å². The molecule has 0 bridgehead atoms. The zero-order valence-electron chi connectivity index (χ0n) is 37.0. The van der Waals surface area contributed by atoms with E-state index in [2.05, 4.69) is 97.0 Å². The van der Waals surface area contributed by atoms with Crippen LogP contribution in [0.3, 0.4) is 0 Å². The van der Waals surface area contributed by atoms with E-state index in [4.69, 9.17) is 14.1 Å². The molecule has 6 aromatic carbocycles. The molecule has 4 nitrogen and oxygen atoms in total. The van der Waals surface area contributed by atoms with E-state index in [9.17, 15) is 5.11 Å². The second-order valence-electron chi connectivity index (χ2n) is 16.6. The van der Waals surface area contributed by atoms with Gasteiger partial charge in [-0.3, -0.25) is 9.55 Å². The van der Waals surface area contributed by atoms with Gasteiger partial charge in [0.2, 0.25) is 0 Å². The normalized spacial score (nSPS) is 12.7. The van der Waals surface area contributed by atoms with E-state index in [1.807, 2.05) is 95.7 Å². The molecule has 0 amide bonds. The van der Waals surface area contributed by atoms with Gasteiger partial charge in [0.25, 0.3) is 0 Å². The summed E-state index contributed by atoms with van der Waals surface area (Å²) in [4.78, 5) is 10.3.